The number of benzene rings is 2. The van der Waals surface area contributed by atoms with Gasteiger partial charge in [0.2, 0.25) is 0 Å². The van der Waals surface area contributed by atoms with Gasteiger partial charge in [-0.2, -0.15) is 0 Å². The summed E-state index contributed by atoms with van der Waals surface area (Å²) in [5.41, 5.74) is 1.39. The van der Waals surface area contributed by atoms with Crippen LogP contribution in [-0.4, -0.2) is 6.54 Å². The van der Waals surface area contributed by atoms with E-state index in [1.165, 1.54) is 0 Å². The van der Waals surface area contributed by atoms with Crippen LogP contribution < -0.4 is 5.32 Å². The van der Waals surface area contributed by atoms with Gasteiger partial charge in [-0.25, -0.2) is 4.39 Å². The van der Waals surface area contributed by atoms with Gasteiger partial charge in [0.05, 0.1) is 10.5 Å². The third-order valence-corrected chi connectivity index (χ3v) is 4.04. The molecule has 1 heterocycles. The Hall–Kier alpha value is -1.65. The van der Waals surface area contributed by atoms with Gasteiger partial charge in [0.25, 0.3) is 0 Å². The highest BCUT2D eigenvalue weighted by Crippen LogP contribution is 2.31. The summed E-state index contributed by atoms with van der Waals surface area (Å²) < 4.78 is 20.7. The Balaban J connectivity index is 2.10. The molecule has 21 heavy (non-hydrogen) atoms. The normalized spacial score (nSPS) is 12.7. The Morgan fingerprint density at radius 1 is 1.19 bits per heavy atom. The molecule has 1 aromatic heterocycles. The zero-order chi connectivity index (χ0) is 14.8. The van der Waals surface area contributed by atoms with E-state index in [2.05, 4.69) is 21.2 Å². The van der Waals surface area contributed by atoms with Crippen LogP contribution in [0.4, 0.5) is 4.39 Å². The third-order valence-electron chi connectivity index (χ3n) is 3.43. The van der Waals surface area contributed by atoms with Crippen LogP contribution in [0.3, 0.4) is 0 Å². The van der Waals surface area contributed by atoms with Crippen molar-refractivity contribution in [1.29, 1.82) is 0 Å². The first-order valence-corrected chi connectivity index (χ1v) is 7.65. The Bertz CT molecular complexity index is 735. The van der Waals surface area contributed by atoms with Gasteiger partial charge >= 0.3 is 0 Å². The SMILES string of the molecule is CCNC(c1cc2ccccc2o1)c1cccc(Br)c1F. The molecule has 108 valence electrons. The molecule has 1 N–H and O–H groups in total. The van der Waals surface area contributed by atoms with Crippen molar-refractivity contribution in [2.75, 3.05) is 6.54 Å². The number of para-hydroxylation sites is 1. The smallest absolute Gasteiger partial charge is 0.142 e. The Kier molecular flexibility index (Phi) is 4.08. The maximum absolute atomic E-state index is 14.4. The van der Waals surface area contributed by atoms with Crippen molar-refractivity contribution >= 4 is 26.9 Å². The Labute approximate surface area is 131 Å². The van der Waals surface area contributed by atoms with Gasteiger partial charge in [0, 0.05) is 10.9 Å². The third kappa shape index (κ3) is 2.74. The van der Waals surface area contributed by atoms with E-state index in [0.717, 1.165) is 16.7 Å². The minimum absolute atomic E-state index is 0.260. The summed E-state index contributed by atoms with van der Waals surface area (Å²) in [4.78, 5) is 0. The lowest BCUT2D eigenvalue weighted by molar-refractivity contribution is 0.462. The molecule has 0 aliphatic carbocycles. The first-order chi connectivity index (χ1) is 10.2. The standard InChI is InChI=1S/C17H15BrFNO/c1-2-20-17(12-7-5-8-13(18)16(12)19)15-10-11-6-3-4-9-14(11)21-15/h3-10,17,20H,2H2,1H3. The lowest BCUT2D eigenvalue weighted by atomic mass is 10.0. The van der Waals surface area contributed by atoms with E-state index >= 15 is 0 Å². The molecule has 0 bridgehead atoms. The highest BCUT2D eigenvalue weighted by molar-refractivity contribution is 9.10. The highest BCUT2D eigenvalue weighted by atomic mass is 79.9. The number of fused-ring (bicyclic) bond motifs is 1. The zero-order valence-corrected chi connectivity index (χ0v) is 13.2. The second-order valence-corrected chi connectivity index (χ2v) is 5.67. The summed E-state index contributed by atoms with van der Waals surface area (Å²) in [6, 6.07) is 14.8. The maximum Gasteiger partial charge on any atom is 0.142 e. The molecule has 0 saturated heterocycles. The lowest BCUT2D eigenvalue weighted by Gasteiger charge is -2.17. The molecular formula is C17H15BrFNO. The summed E-state index contributed by atoms with van der Waals surface area (Å²) in [7, 11) is 0. The van der Waals surface area contributed by atoms with Crippen molar-refractivity contribution in [2.45, 2.75) is 13.0 Å². The molecule has 0 aliphatic rings. The molecule has 2 aromatic carbocycles. The van der Waals surface area contributed by atoms with Crippen LogP contribution in [0.2, 0.25) is 0 Å². The van der Waals surface area contributed by atoms with Gasteiger partial charge in [0.15, 0.2) is 0 Å². The average molecular weight is 348 g/mol. The number of halogens is 2. The van der Waals surface area contributed by atoms with Crippen LogP contribution in [0, 0.1) is 5.82 Å². The molecule has 0 saturated carbocycles. The van der Waals surface area contributed by atoms with Crippen molar-refractivity contribution in [3.63, 3.8) is 0 Å². The fourth-order valence-corrected chi connectivity index (χ4v) is 2.84. The van der Waals surface area contributed by atoms with E-state index in [0.29, 0.717) is 16.6 Å². The minimum Gasteiger partial charge on any atom is -0.459 e. The topological polar surface area (TPSA) is 25.2 Å². The molecule has 3 rings (SSSR count). The molecule has 1 unspecified atom stereocenters. The minimum atomic E-state index is -0.306. The predicted molar refractivity (Wildman–Crippen MR) is 85.8 cm³/mol. The quantitative estimate of drug-likeness (QED) is 0.715. The monoisotopic (exact) mass is 347 g/mol. The Morgan fingerprint density at radius 2 is 2.00 bits per heavy atom. The van der Waals surface area contributed by atoms with Crippen LogP contribution in [0.1, 0.15) is 24.3 Å². The first-order valence-electron chi connectivity index (χ1n) is 6.86. The predicted octanol–water partition coefficient (Wildman–Crippen LogP) is 5.03. The van der Waals surface area contributed by atoms with Crippen molar-refractivity contribution in [2.24, 2.45) is 0 Å². The number of hydrogen-bond acceptors (Lipinski definition) is 2. The number of nitrogens with one attached hydrogen (secondary N) is 1. The summed E-state index contributed by atoms with van der Waals surface area (Å²) >= 11 is 3.24. The number of hydrogen-bond donors (Lipinski definition) is 1. The first kappa shape index (κ1) is 14.3. The molecule has 0 amide bonds. The van der Waals surface area contributed by atoms with E-state index in [4.69, 9.17) is 4.42 Å². The number of rotatable bonds is 4. The highest BCUT2D eigenvalue weighted by Gasteiger charge is 2.21. The largest absolute Gasteiger partial charge is 0.459 e. The molecule has 2 nitrogen and oxygen atoms in total. The van der Waals surface area contributed by atoms with Gasteiger partial charge in [-0.15, -0.1) is 0 Å². The average Bonchev–Trinajstić information content (AvgIpc) is 2.91. The maximum atomic E-state index is 14.4. The van der Waals surface area contributed by atoms with Gasteiger partial charge in [-0.1, -0.05) is 37.3 Å². The second kappa shape index (κ2) is 6.00. The van der Waals surface area contributed by atoms with Crippen molar-refractivity contribution < 1.29 is 8.81 Å². The fourth-order valence-electron chi connectivity index (χ4n) is 2.46. The van der Waals surface area contributed by atoms with Crippen LogP contribution in [0.5, 0.6) is 0 Å². The summed E-state index contributed by atoms with van der Waals surface area (Å²) in [5, 5.41) is 4.31. The van der Waals surface area contributed by atoms with Crippen LogP contribution in [0.15, 0.2) is 57.4 Å². The molecule has 1 atom stereocenters. The van der Waals surface area contributed by atoms with Gasteiger partial charge in [-0.3, -0.25) is 0 Å². The summed E-state index contributed by atoms with van der Waals surface area (Å²) in [6.07, 6.45) is 0. The molecule has 0 aliphatic heterocycles. The summed E-state index contributed by atoms with van der Waals surface area (Å²) in [5.74, 6) is 0.457. The van der Waals surface area contributed by atoms with E-state index in [1.807, 2.05) is 43.3 Å². The molecule has 0 spiro atoms. The molecule has 3 aromatic rings. The van der Waals surface area contributed by atoms with E-state index in [-0.39, 0.29) is 11.9 Å². The van der Waals surface area contributed by atoms with Crippen molar-refractivity contribution in [3.05, 3.63) is 70.1 Å². The van der Waals surface area contributed by atoms with Crippen LogP contribution in [0.25, 0.3) is 11.0 Å². The molecule has 4 heteroatoms. The van der Waals surface area contributed by atoms with Gasteiger partial charge in [-0.05, 0) is 40.7 Å². The molecule has 0 radical (unpaired) electrons. The molecular weight excluding hydrogens is 333 g/mol. The van der Waals surface area contributed by atoms with Crippen molar-refractivity contribution in [3.8, 4) is 0 Å². The fraction of sp³-hybridized carbons (Fsp3) is 0.176. The number of furan rings is 1. The van der Waals surface area contributed by atoms with Gasteiger partial charge < -0.3 is 9.73 Å². The lowest BCUT2D eigenvalue weighted by Crippen LogP contribution is -2.22. The van der Waals surface area contributed by atoms with Crippen LogP contribution >= 0.6 is 15.9 Å². The summed E-state index contributed by atoms with van der Waals surface area (Å²) in [6.45, 7) is 2.71. The second-order valence-electron chi connectivity index (χ2n) is 4.82. The van der Waals surface area contributed by atoms with E-state index < -0.39 is 0 Å². The molecule has 0 fully saturated rings. The van der Waals surface area contributed by atoms with E-state index in [1.54, 1.807) is 12.1 Å². The zero-order valence-electron chi connectivity index (χ0n) is 11.6. The van der Waals surface area contributed by atoms with Gasteiger partial charge in [0.1, 0.15) is 17.2 Å². The Morgan fingerprint density at radius 3 is 2.76 bits per heavy atom. The van der Waals surface area contributed by atoms with E-state index in [9.17, 15) is 4.39 Å². The van der Waals surface area contributed by atoms with Crippen LogP contribution in [-0.2, 0) is 0 Å². The van der Waals surface area contributed by atoms with Crippen molar-refractivity contribution in [1.82, 2.24) is 5.32 Å².